The molecule has 1 aliphatic carbocycles. The fraction of sp³-hybridized carbons (Fsp3) is 0.378. The summed E-state index contributed by atoms with van der Waals surface area (Å²) in [6.07, 6.45) is 11.6. The van der Waals surface area contributed by atoms with E-state index in [1.54, 1.807) is 36.9 Å². The number of piperidine rings is 1. The lowest BCUT2D eigenvalue weighted by Gasteiger charge is -2.48. The molecule has 2 aromatic heterocycles. The summed E-state index contributed by atoms with van der Waals surface area (Å²) in [6.45, 7) is 2.02. The van der Waals surface area contributed by atoms with Crippen molar-refractivity contribution in [2.24, 2.45) is 11.3 Å². The van der Waals surface area contributed by atoms with E-state index >= 15 is 0 Å². The monoisotopic (exact) mass is 617 g/mol. The van der Waals surface area contributed by atoms with E-state index in [0.29, 0.717) is 36.4 Å². The van der Waals surface area contributed by atoms with Crippen molar-refractivity contribution in [3.8, 4) is 0 Å². The van der Waals surface area contributed by atoms with Gasteiger partial charge < -0.3 is 14.6 Å². The number of fused-ring (bicyclic) bond motifs is 2. The summed E-state index contributed by atoms with van der Waals surface area (Å²) in [5.41, 5.74) is 1.03. The number of nitrogens with one attached hydrogen (secondary N) is 1. The van der Waals surface area contributed by atoms with Crippen molar-refractivity contribution in [1.82, 2.24) is 25.0 Å². The van der Waals surface area contributed by atoms with Crippen molar-refractivity contribution in [3.63, 3.8) is 0 Å². The lowest BCUT2D eigenvalue weighted by Crippen LogP contribution is -2.54. The average molecular weight is 618 g/mol. The molecule has 3 heterocycles. The van der Waals surface area contributed by atoms with Gasteiger partial charge in [-0.3, -0.25) is 19.1 Å². The first-order chi connectivity index (χ1) is 22.5. The van der Waals surface area contributed by atoms with Crippen LogP contribution in [0.5, 0.6) is 0 Å². The molecule has 3 aromatic carbocycles. The van der Waals surface area contributed by atoms with Gasteiger partial charge in [-0.2, -0.15) is 5.10 Å². The van der Waals surface area contributed by atoms with Crippen LogP contribution in [0.1, 0.15) is 61.1 Å². The summed E-state index contributed by atoms with van der Waals surface area (Å²) in [5, 5.41) is 9.97. The number of rotatable bonds is 8. The topological polar surface area (TPSA) is 110 Å². The second-order valence-corrected chi connectivity index (χ2v) is 13.0. The predicted molar refractivity (Wildman–Crippen MR) is 176 cm³/mol. The number of para-hydroxylation sites is 1. The molecular formula is C37H39N5O4. The van der Waals surface area contributed by atoms with E-state index < -0.39 is 11.9 Å². The largest absolute Gasteiger partial charge is 0.451 e. The highest BCUT2D eigenvalue weighted by molar-refractivity contribution is 5.96. The van der Waals surface area contributed by atoms with Crippen LogP contribution in [0.3, 0.4) is 0 Å². The lowest BCUT2D eigenvalue weighted by molar-refractivity contribution is -0.136. The number of carbonyl (C=O) groups is 2. The van der Waals surface area contributed by atoms with Crippen molar-refractivity contribution in [2.45, 2.75) is 64.0 Å². The van der Waals surface area contributed by atoms with Crippen LogP contribution < -0.4 is 10.7 Å². The fourth-order valence-electron chi connectivity index (χ4n) is 7.69. The highest BCUT2D eigenvalue weighted by Crippen LogP contribution is 2.47. The number of amides is 2. The third kappa shape index (κ3) is 6.18. The number of hydrogen-bond acceptors (Lipinski definition) is 6. The molecule has 236 valence electrons. The minimum Gasteiger partial charge on any atom is -0.451 e. The van der Waals surface area contributed by atoms with E-state index in [1.165, 1.54) is 38.2 Å². The maximum absolute atomic E-state index is 14.3. The van der Waals surface area contributed by atoms with E-state index in [9.17, 15) is 14.4 Å². The first-order valence-corrected chi connectivity index (χ1v) is 16.4. The average Bonchev–Trinajstić information content (AvgIpc) is 3.61. The molecule has 1 saturated heterocycles. The van der Waals surface area contributed by atoms with Crippen LogP contribution in [0.25, 0.3) is 21.7 Å². The summed E-state index contributed by atoms with van der Waals surface area (Å²) in [5.74, 6) is -0.223. The van der Waals surface area contributed by atoms with Crippen molar-refractivity contribution < 1.29 is 14.0 Å². The third-order valence-electron chi connectivity index (χ3n) is 10.2. The minimum absolute atomic E-state index is 0.0521. The van der Waals surface area contributed by atoms with Gasteiger partial charge in [0.1, 0.15) is 24.3 Å². The Morgan fingerprint density at radius 3 is 2.48 bits per heavy atom. The molecule has 0 radical (unpaired) electrons. The van der Waals surface area contributed by atoms with Gasteiger partial charge in [0.2, 0.25) is 5.91 Å². The van der Waals surface area contributed by atoms with Gasteiger partial charge in [-0.15, -0.1) is 0 Å². The standard InChI is InChI=1S/C37H39N5O4/c43-32-22-34(46-33-13-7-6-12-30(32)33)35(44)40-31(21-26-14-15-27-8-4-5-9-28(27)20-26)36(45)41-18-16-37(17-19-41,23-42-25-38-24-39-42)29-10-2-1-3-11-29/h4-9,12-15,20,22,24-25,29,31H,1-3,10-11,16-19,21,23H2,(H,40,44)/t31-/m1/s1. The van der Waals surface area contributed by atoms with Crippen LogP contribution in [-0.2, 0) is 17.8 Å². The first-order valence-electron chi connectivity index (χ1n) is 16.4. The van der Waals surface area contributed by atoms with Gasteiger partial charge in [0.25, 0.3) is 5.91 Å². The molecule has 5 aromatic rings. The molecule has 1 saturated carbocycles. The highest BCUT2D eigenvalue weighted by atomic mass is 16.3. The predicted octanol–water partition coefficient (Wildman–Crippen LogP) is 5.77. The molecule has 1 N–H and O–H groups in total. The van der Waals surface area contributed by atoms with Crippen LogP contribution >= 0.6 is 0 Å². The highest BCUT2D eigenvalue weighted by Gasteiger charge is 2.44. The van der Waals surface area contributed by atoms with Crippen LogP contribution in [0.4, 0.5) is 0 Å². The summed E-state index contributed by atoms with van der Waals surface area (Å²) in [6, 6.07) is 21.4. The maximum Gasteiger partial charge on any atom is 0.287 e. The zero-order valence-electron chi connectivity index (χ0n) is 25.9. The fourth-order valence-corrected chi connectivity index (χ4v) is 7.69. The molecule has 7 rings (SSSR count). The Hall–Kier alpha value is -4.79. The number of aromatic nitrogens is 3. The van der Waals surface area contributed by atoms with Crippen molar-refractivity contribution >= 4 is 33.6 Å². The number of carbonyl (C=O) groups excluding carboxylic acids is 2. The lowest BCUT2D eigenvalue weighted by atomic mass is 9.63. The molecule has 2 aliphatic rings. The summed E-state index contributed by atoms with van der Waals surface area (Å²) < 4.78 is 7.78. The molecule has 0 unspecified atom stereocenters. The molecule has 9 nitrogen and oxygen atoms in total. The smallest absolute Gasteiger partial charge is 0.287 e. The van der Waals surface area contributed by atoms with Gasteiger partial charge in [-0.1, -0.05) is 73.9 Å². The van der Waals surface area contributed by atoms with Crippen molar-refractivity contribution in [2.75, 3.05) is 13.1 Å². The molecular weight excluding hydrogens is 578 g/mol. The second kappa shape index (κ2) is 12.9. The molecule has 1 aliphatic heterocycles. The van der Waals surface area contributed by atoms with Crippen LogP contribution in [-0.4, -0.2) is 50.6 Å². The van der Waals surface area contributed by atoms with Crippen LogP contribution in [0.15, 0.2) is 94.7 Å². The van der Waals surface area contributed by atoms with Crippen molar-refractivity contribution in [3.05, 3.63) is 107 Å². The number of nitrogens with zero attached hydrogens (tertiary/aromatic N) is 4. The third-order valence-corrected chi connectivity index (χ3v) is 10.2. The number of benzene rings is 3. The van der Waals surface area contributed by atoms with Gasteiger partial charge in [0.15, 0.2) is 11.2 Å². The van der Waals surface area contributed by atoms with Gasteiger partial charge in [0, 0.05) is 32.1 Å². The van der Waals surface area contributed by atoms with Crippen LogP contribution in [0.2, 0.25) is 0 Å². The summed E-state index contributed by atoms with van der Waals surface area (Å²) in [7, 11) is 0. The molecule has 2 amide bonds. The quantitative estimate of drug-likeness (QED) is 0.237. The Morgan fingerprint density at radius 1 is 0.935 bits per heavy atom. The zero-order chi connectivity index (χ0) is 31.5. The number of hydrogen-bond donors (Lipinski definition) is 1. The van der Waals surface area contributed by atoms with Gasteiger partial charge in [0.05, 0.1) is 5.39 Å². The normalized spacial score (nSPS) is 17.6. The Balaban J connectivity index is 1.14. The van der Waals surface area contributed by atoms with Crippen LogP contribution in [0, 0.1) is 11.3 Å². The van der Waals surface area contributed by atoms with Crippen molar-refractivity contribution in [1.29, 1.82) is 0 Å². The Kier molecular flexibility index (Phi) is 8.39. The minimum atomic E-state index is -0.831. The molecule has 0 spiro atoms. The maximum atomic E-state index is 14.3. The van der Waals surface area contributed by atoms with E-state index in [-0.39, 0.29) is 22.5 Å². The molecule has 46 heavy (non-hydrogen) atoms. The van der Waals surface area contributed by atoms with E-state index in [0.717, 1.165) is 35.7 Å². The Bertz CT molecular complexity index is 1900. The first kappa shape index (κ1) is 29.9. The Morgan fingerprint density at radius 2 is 1.70 bits per heavy atom. The van der Waals surface area contributed by atoms with Gasteiger partial charge in [-0.25, -0.2) is 4.98 Å². The van der Waals surface area contributed by atoms with Gasteiger partial charge in [-0.05, 0) is 65.5 Å². The molecule has 9 heteroatoms. The second-order valence-electron chi connectivity index (χ2n) is 13.0. The van der Waals surface area contributed by atoms with Gasteiger partial charge >= 0.3 is 0 Å². The molecule has 2 fully saturated rings. The summed E-state index contributed by atoms with van der Waals surface area (Å²) in [4.78, 5) is 46.8. The van der Waals surface area contributed by atoms with E-state index in [1.807, 2.05) is 39.9 Å². The Labute approximate surface area is 267 Å². The molecule has 1 atom stereocenters. The number of likely N-dealkylation sites (tertiary alicyclic amines) is 1. The summed E-state index contributed by atoms with van der Waals surface area (Å²) >= 11 is 0. The SMILES string of the molecule is O=C(N[C@H](Cc1ccc2ccccc2c1)C(=O)N1CCC(Cn2cncn2)(C2CCCCC2)CC1)c1cc(=O)c2ccccc2o1. The van der Waals surface area contributed by atoms with E-state index in [4.69, 9.17) is 4.42 Å². The molecule has 0 bridgehead atoms. The zero-order valence-corrected chi connectivity index (χ0v) is 25.9. The van der Waals surface area contributed by atoms with E-state index in [2.05, 4.69) is 27.5 Å².